The molecule has 0 saturated heterocycles. The van der Waals surface area contributed by atoms with Crippen molar-refractivity contribution in [2.75, 3.05) is 18.5 Å². The molecule has 0 radical (unpaired) electrons. The van der Waals surface area contributed by atoms with Crippen LogP contribution in [0, 0.1) is 0 Å². The molecule has 0 bridgehead atoms. The van der Waals surface area contributed by atoms with Crippen LogP contribution < -0.4 is 14.8 Å². The van der Waals surface area contributed by atoms with E-state index in [0.29, 0.717) is 18.8 Å². The minimum Gasteiger partial charge on any atom is -0.490 e. The SMILES string of the molecule is CC(C)N1C(=O)c2ccccc2NC1(C)c1ccc(OCCOc2ccccc2)cc1. The molecule has 1 unspecified atom stereocenters. The standard InChI is InChI=1S/C26H28N2O3/c1-19(2)28-25(29)23-11-7-8-12-24(23)27-26(28,3)20-13-15-22(16-14-20)31-18-17-30-21-9-5-4-6-10-21/h4-16,19,27H,17-18H2,1-3H3. The van der Waals surface area contributed by atoms with E-state index in [9.17, 15) is 4.79 Å². The fourth-order valence-corrected chi connectivity index (χ4v) is 4.11. The van der Waals surface area contributed by atoms with Crippen molar-refractivity contribution in [3.63, 3.8) is 0 Å². The first-order valence-corrected chi connectivity index (χ1v) is 10.6. The molecule has 1 atom stereocenters. The van der Waals surface area contributed by atoms with Gasteiger partial charge in [0, 0.05) is 11.7 Å². The molecular weight excluding hydrogens is 388 g/mol. The highest BCUT2D eigenvalue weighted by Gasteiger charge is 2.43. The van der Waals surface area contributed by atoms with Crippen LogP contribution in [0.5, 0.6) is 11.5 Å². The number of amides is 1. The first-order valence-electron chi connectivity index (χ1n) is 10.6. The maximum atomic E-state index is 13.3. The van der Waals surface area contributed by atoms with Crippen LogP contribution in [0.3, 0.4) is 0 Å². The molecule has 5 heteroatoms. The predicted octanol–water partition coefficient (Wildman–Crippen LogP) is 5.29. The Balaban J connectivity index is 1.47. The van der Waals surface area contributed by atoms with Crippen molar-refractivity contribution in [3.8, 4) is 11.5 Å². The minimum atomic E-state index is -0.658. The van der Waals surface area contributed by atoms with E-state index in [1.165, 1.54) is 0 Å². The monoisotopic (exact) mass is 416 g/mol. The Bertz CT molecular complexity index is 1030. The molecule has 0 fully saturated rings. The average Bonchev–Trinajstić information content (AvgIpc) is 2.77. The lowest BCUT2D eigenvalue weighted by atomic mass is 9.92. The summed E-state index contributed by atoms with van der Waals surface area (Å²) < 4.78 is 11.5. The van der Waals surface area contributed by atoms with Crippen LogP contribution in [0.1, 0.15) is 36.7 Å². The number of carbonyl (C=O) groups is 1. The largest absolute Gasteiger partial charge is 0.490 e. The maximum Gasteiger partial charge on any atom is 0.258 e. The third kappa shape index (κ3) is 4.22. The van der Waals surface area contributed by atoms with Crippen molar-refractivity contribution in [1.29, 1.82) is 0 Å². The highest BCUT2D eigenvalue weighted by atomic mass is 16.5. The normalized spacial score (nSPS) is 17.8. The van der Waals surface area contributed by atoms with Crippen LogP contribution in [-0.4, -0.2) is 30.1 Å². The quantitative estimate of drug-likeness (QED) is 0.532. The second-order valence-electron chi connectivity index (χ2n) is 8.05. The number of rotatable bonds is 7. The third-order valence-corrected chi connectivity index (χ3v) is 5.53. The van der Waals surface area contributed by atoms with Crippen LogP contribution in [0.15, 0.2) is 78.9 Å². The van der Waals surface area contributed by atoms with E-state index in [1.54, 1.807) is 0 Å². The van der Waals surface area contributed by atoms with Crippen LogP contribution in [0.2, 0.25) is 0 Å². The highest BCUT2D eigenvalue weighted by Crippen LogP contribution is 2.39. The van der Waals surface area contributed by atoms with Gasteiger partial charge in [0.15, 0.2) is 0 Å². The lowest BCUT2D eigenvalue weighted by Crippen LogP contribution is -2.58. The predicted molar refractivity (Wildman–Crippen MR) is 123 cm³/mol. The van der Waals surface area contributed by atoms with Gasteiger partial charge in [-0.15, -0.1) is 0 Å². The number of fused-ring (bicyclic) bond motifs is 1. The number of anilines is 1. The lowest BCUT2D eigenvalue weighted by Gasteiger charge is -2.48. The highest BCUT2D eigenvalue weighted by molar-refractivity contribution is 6.02. The second kappa shape index (κ2) is 8.72. The summed E-state index contributed by atoms with van der Waals surface area (Å²) in [5.41, 5.74) is 1.89. The topological polar surface area (TPSA) is 50.8 Å². The van der Waals surface area contributed by atoms with E-state index in [1.807, 2.05) is 105 Å². The molecule has 0 spiro atoms. The van der Waals surface area contributed by atoms with Gasteiger partial charge in [0.25, 0.3) is 5.91 Å². The van der Waals surface area contributed by atoms with Crippen molar-refractivity contribution < 1.29 is 14.3 Å². The summed E-state index contributed by atoms with van der Waals surface area (Å²) >= 11 is 0. The molecule has 1 aliphatic heterocycles. The molecule has 0 aliphatic carbocycles. The van der Waals surface area contributed by atoms with Gasteiger partial charge in [0.2, 0.25) is 0 Å². The van der Waals surface area contributed by atoms with Gasteiger partial charge in [-0.05, 0) is 62.7 Å². The lowest BCUT2D eigenvalue weighted by molar-refractivity contribution is 0.0433. The summed E-state index contributed by atoms with van der Waals surface area (Å²) in [6.07, 6.45) is 0. The molecule has 4 rings (SSSR count). The van der Waals surface area contributed by atoms with Crippen molar-refractivity contribution in [1.82, 2.24) is 4.90 Å². The zero-order valence-corrected chi connectivity index (χ0v) is 18.2. The molecule has 160 valence electrons. The fourth-order valence-electron chi connectivity index (χ4n) is 4.11. The van der Waals surface area contributed by atoms with Gasteiger partial charge >= 0.3 is 0 Å². The van der Waals surface area contributed by atoms with Crippen molar-refractivity contribution >= 4 is 11.6 Å². The van der Waals surface area contributed by atoms with Gasteiger partial charge in [-0.25, -0.2) is 0 Å². The van der Waals surface area contributed by atoms with Gasteiger partial charge in [0.1, 0.15) is 30.4 Å². The Labute approximate surface area is 183 Å². The fraction of sp³-hybridized carbons (Fsp3) is 0.269. The zero-order valence-electron chi connectivity index (χ0n) is 18.2. The molecule has 0 saturated carbocycles. The minimum absolute atomic E-state index is 0.0319. The number of carbonyl (C=O) groups excluding carboxylic acids is 1. The Kier molecular flexibility index (Phi) is 5.85. The molecule has 3 aromatic carbocycles. The molecule has 0 aromatic heterocycles. The van der Waals surface area contributed by atoms with Gasteiger partial charge < -0.3 is 19.7 Å². The number of nitrogens with zero attached hydrogens (tertiary/aromatic N) is 1. The first kappa shape index (κ1) is 20.8. The van der Waals surface area contributed by atoms with Crippen LogP contribution in [-0.2, 0) is 5.66 Å². The Hall–Kier alpha value is -3.47. The van der Waals surface area contributed by atoms with E-state index in [2.05, 4.69) is 5.32 Å². The number of hydrogen-bond acceptors (Lipinski definition) is 4. The van der Waals surface area contributed by atoms with Gasteiger partial charge in [-0.1, -0.05) is 42.5 Å². The Morgan fingerprint density at radius 1 is 0.839 bits per heavy atom. The summed E-state index contributed by atoms with van der Waals surface area (Å²) in [6, 6.07) is 25.3. The zero-order chi connectivity index (χ0) is 21.8. The molecule has 1 amide bonds. The van der Waals surface area contributed by atoms with Gasteiger partial charge in [-0.3, -0.25) is 4.79 Å². The van der Waals surface area contributed by atoms with E-state index < -0.39 is 5.66 Å². The van der Waals surface area contributed by atoms with Crippen LogP contribution in [0.4, 0.5) is 5.69 Å². The molecule has 1 aliphatic rings. The third-order valence-electron chi connectivity index (χ3n) is 5.53. The van der Waals surface area contributed by atoms with Gasteiger partial charge in [0.05, 0.1) is 5.56 Å². The summed E-state index contributed by atoms with van der Waals surface area (Å²) in [5.74, 6) is 1.63. The van der Waals surface area contributed by atoms with Crippen molar-refractivity contribution in [2.45, 2.75) is 32.5 Å². The molecule has 5 nitrogen and oxygen atoms in total. The van der Waals surface area contributed by atoms with Crippen molar-refractivity contribution in [2.24, 2.45) is 0 Å². The van der Waals surface area contributed by atoms with E-state index >= 15 is 0 Å². The summed E-state index contributed by atoms with van der Waals surface area (Å²) in [5, 5.41) is 3.59. The van der Waals surface area contributed by atoms with Crippen LogP contribution in [0.25, 0.3) is 0 Å². The smallest absolute Gasteiger partial charge is 0.258 e. The second-order valence-corrected chi connectivity index (χ2v) is 8.05. The maximum absolute atomic E-state index is 13.3. The summed E-state index contributed by atoms with van der Waals surface area (Å²) in [6.45, 7) is 7.04. The van der Waals surface area contributed by atoms with E-state index in [0.717, 1.165) is 22.7 Å². The molecule has 31 heavy (non-hydrogen) atoms. The number of ether oxygens (including phenoxy) is 2. The van der Waals surface area contributed by atoms with Crippen molar-refractivity contribution in [3.05, 3.63) is 90.0 Å². The van der Waals surface area contributed by atoms with E-state index in [4.69, 9.17) is 9.47 Å². The number of hydrogen-bond donors (Lipinski definition) is 1. The molecular formula is C26H28N2O3. The first-order chi connectivity index (χ1) is 15.0. The van der Waals surface area contributed by atoms with E-state index in [-0.39, 0.29) is 11.9 Å². The number of benzene rings is 3. The molecule has 3 aromatic rings. The number of nitrogens with one attached hydrogen (secondary N) is 1. The Morgan fingerprint density at radius 3 is 2.06 bits per heavy atom. The van der Waals surface area contributed by atoms with Crippen LogP contribution >= 0.6 is 0 Å². The number of para-hydroxylation sites is 2. The molecule has 1 heterocycles. The average molecular weight is 417 g/mol. The summed E-state index contributed by atoms with van der Waals surface area (Å²) in [7, 11) is 0. The van der Waals surface area contributed by atoms with Gasteiger partial charge in [-0.2, -0.15) is 0 Å². The summed E-state index contributed by atoms with van der Waals surface area (Å²) in [4.78, 5) is 15.2. The molecule has 1 N–H and O–H groups in total. The Morgan fingerprint density at radius 2 is 1.42 bits per heavy atom.